The van der Waals surface area contributed by atoms with Crippen molar-refractivity contribution in [3.63, 3.8) is 0 Å². The standard InChI is InChI=1S/C14H21NO2Si/c1-10-12(11-8-6-5-7-9-11)15-17-13(10)14(16)18(2,3)4/h5-10,13-14,16H,1-4H3/t10-,13-,14-/m0/s1. The average Bonchev–Trinajstić information content (AvgIpc) is 2.70. The van der Waals surface area contributed by atoms with E-state index in [0.29, 0.717) is 0 Å². The van der Waals surface area contributed by atoms with Crippen LogP contribution >= 0.6 is 0 Å². The third-order valence-corrected chi connectivity index (χ3v) is 5.57. The number of nitrogens with zero attached hydrogens (tertiary/aromatic N) is 1. The molecule has 1 aromatic rings. The molecular weight excluding hydrogens is 242 g/mol. The van der Waals surface area contributed by atoms with Gasteiger partial charge in [0.05, 0.1) is 19.5 Å². The van der Waals surface area contributed by atoms with E-state index in [1.807, 2.05) is 30.3 Å². The van der Waals surface area contributed by atoms with Crippen LogP contribution in [0.2, 0.25) is 19.6 Å². The van der Waals surface area contributed by atoms with Crippen molar-refractivity contribution in [2.45, 2.75) is 38.4 Å². The first-order valence-corrected chi connectivity index (χ1v) is 9.96. The molecule has 0 fully saturated rings. The summed E-state index contributed by atoms with van der Waals surface area (Å²) in [5.41, 5.74) is 1.63. The number of benzene rings is 1. The zero-order chi connectivity index (χ0) is 13.3. The highest BCUT2D eigenvalue weighted by atomic mass is 28.3. The quantitative estimate of drug-likeness (QED) is 0.852. The lowest BCUT2D eigenvalue weighted by Crippen LogP contribution is -2.49. The fourth-order valence-corrected chi connectivity index (χ4v) is 3.53. The Bertz CT molecular complexity index is 439. The largest absolute Gasteiger partial charge is 0.393 e. The maximum absolute atomic E-state index is 10.4. The Morgan fingerprint density at radius 2 is 1.83 bits per heavy atom. The molecule has 0 unspecified atom stereocenters. The summed E-state index contributed by atoms with van der Waals surface area (Å²) in [5, 5.41) is 14.6. The molecular formula is C14H21NO2Si. The van der Waals surface area contributed by atoms with E-state index in [9.17, 15) is 5.11 Å². The zero-order valence-electron chi connectivity index (χ0n) is 11.4. The first-order valence-electron chi connectivity index (χ1n) is 6.38. The van der Waals surface area contributed by atoms with Crippen molar-refractivity contribution in [1.82, 2.24) is 0 Å². The van der Waals surface area contributed by atoms with Crippen LogP contribution in [0.5, 0.6) is 0 Å². The summed E-state index contributed by atoms with van der Waals surface area (Å²) < 4.78 is 0. The second kappa shape index (κ2) is 4.86. The van der Waals surface area contributed by atoms with E-state index < -0.39 is 13.8 Å². The van der Waals surface area contributed by atoms with E-state index in [1.54, 1.807) is 0 Å². The van der Waals surface area contributed by atoms with Gasteiger partial charge in [-0.25, -0.2) is 0 Å². The molecule has 2 rings (SSSR count). The van der Waals surface area contributed by atoms with Crippen molar-refractivity contribution in [3.8, 4) is 0 Å². The van der Waals surface area contributed by atoms with Crippen LogP contribution < -0.4 is 0 Å². The molecule has 1 heterocycles. The van der Waals surface area contributed by atoms with Crippen LogP contribution in [0, 0.1) is 5.92 Å². The fraction of sp³-hybridized carbons (Fsp3) is 0.500. The first-order chi connectivity index (χ1) is 8.41. The predicted octanol–water partition coefficient (Wildman–Crippen LogP) is 2.66. The van der Waals surface area contributed by atoms with Crippen molar-refractivity contribution in [3.05, 3.63) is 35.9 Å². The first kappa shape index (κ1) is 13.3. The summed E-state index contributed by atoms with van der Waals surface area (Å²) >= 11 is 0. The second-order valence-electron chi connectivity index (χ2n) is 6.01. The fourth-order valence-electron chi connectivity index (χ4n) is 2.20. The van der Waals surface area contributed by atoms with Gasteiger partial charge in [-0.15, -0.1) is 0 Å². The van der Waals surface area contributed by atoms with Gasteiger partial charge in [-0.3, -0.25) is 0 Å². The molecule has 0 aromatic heterocycles. The molecule has 1 aliphatic rings. The molecule has 98 valence electrons. The molecule has 0 amide bonds. The SMILES string of the molecule is C[C@H]1C(c2ccccc2)=NO[C@@H]1[C@@H](O)[Si](C)(C)C. The van der Waals surface area contributed by atoms with E-state index in [0.717, 1.165) is 11.3 Å². The number of aliphatic hydroxyl groups is 1. The molecule has 0 aliphatic carbocycles. The molecule has 0 spiro atoms. The minimum Gasteiger partial charge on any atom is -0.393 e. The number of hydrogen-bond donors (Lipinski definition) is 1. The van der Waals surface area contributed by atoms with Gasteiger partial charge < -0.3 is 9.94 Å². The van der Waals surface area contributed by atoms with Gasteiger partial charge in [0.1, 0.15) is 0 Å². The summed E-state index contributed by atoms with van der Waals surface area (Å²) in [7, 11) is -1.64. The lowest BCUT2D eigenvalue weighted by molar-refractivity contribution is -0.00219. The van der Waals surface area contributed by atoms with Crippen LogP contribution in [-0.4, -0.2) is 30.7 Å². The Balaban J connectivity index is 2.17. The summed E-state index contributed by atoms with van der Waals surface area (Å²) in [6.07, 6.45) is -0.202. The highest BCUT2D eigenvalue weighted by Gasteiger charge is 2.42. The Hall–Kier alpha value is -1.13. The van der Waals surface area contributed by atoms with Gasteiger partial charge in [0.25, 0.3) is 0 Å². The van der Waals surface area contributed by atoms with Crippen LogP contribution in [0.15, 0.2) is 35.5 Å². The lowest BCUT2D eigenvalue weighted by atomic mass is 9.94. The third kappa shape index (κ3) is 2.49. The topological polar surface area (TPSA) is 41.8 Å². The maximum Gasteiger partial charge on any atom is 0.158 e. The molecule has 0 bridgehead atoms. The van der Waals surface area contributed by atoms with Gasteiger partial charge in [-0.05, 0) is 5.56 Å². The van der Waals surface area contributed by atoms with Crippen LogP contribution in [0.3, 0.4) is 0 Å². The molecule has 1 N–H and O–H groups in total. The van der Waals surface area contributed by atoms with Gasteiger partial charge in [0.15, 0.2) is 6.10 Å². The Kier molecular flexibility index (Phi) is 3.59. The lowest BCUT2D eigenvalue weighted by Gasteiger charge is -2.29. The van der Waals surface area contributed by atoms with Crippen LogP contribution in [0.25, 0.3) is 0 Å². The smallest absolute Gasteiger partial charge is 0.158 e. The summed E-state index contributed by atoms with van der Waals surface area (Å²) in [6, 6.07) is 10.0. The van der Waals surface area contributed by atoms with Crippen molar-refractivity contribution in [1.29, 1.82) is 0 Å². The highest BCUT2D eigenvalue weighted by Crippen LogP contribution is 2.28. The monoisotopic (exact) mass is 263 g/mol. The number of aliphatic hydroxyl groups excluding tert-OH is 1. The molecule has 3 atom stereocenters. The maximum atomic E-state index is 10.4. The second-order valence-corrected chi connectivity index (χ2v) is 11.3. The molecule has 0 saturated carbocycles. The summed E-state index contributed by atoms with van der Waals surface area (Å²) in [6.45, 7) is 8.52. The molecule has 1 aromatic carbocycles. The summed E-state index contributed by atoms with van der Waals surface area (Å²) in [4.78, 5) is 5.49. The molecule has 0 radical (unpaired) electrons. The van der Waals surface area contributed by atoms with Crippen molar-refractivity contribution in [2.75, 3.05) is 0 Å². The number of rotatable bonds is 3. The Morgan fingerprint density at radius 1 is 1.22 bits per heavy atom. The minimum atomic E-state index is -1.64. The van der Waals surface area contributed by atoms with E-state index in [1.165, 1.54) is 0 Å². The average molecular weight is 263 g/mol. The molecule has 1 aliphatic heterocycles. The van der Waals surface area contributed by atoms with E-state index in [-0.39, 0.29) is 12.0 Å². The number of oxime groups is 1. The van der Waals surface area contributed by atoms with E-state index in [4.69, 9.17) is 4.84 Å². The van der Waals surface area contributed by atoms with Crippen LogP contribution in [-0.2, 0) is 4.84 Å². The Morgan fingerprint density at radius 3 is 2.39 bits per heavy atom. The molecule has 0 saturated heterocycles. The molecule has 18 heavy (non-hydrogen) atoms. The van der Waals surface area contributed by atoms with Crippen molar-refractivity contribution < 1.29 is 9.94 Å². The zero-order valence-corrected chi connectivity index (χ0v) is 12.4. The Labute approximate surface area is 109 Å². The van der Waals surface area contributed by atoms with E-state index in [2.05, 4.69) is 31.7 Å². The third-order valence-electron chi connectivity index (χ3n) is 3.46. The van der Waals surface area contributed by atoms with Crippen molar-refractivity contribution >= 4 is 13.8 Å². The van der Waals surface area contributed by atoms with Gasteiger partial charge in [-0.2, -0.15) is 0 Å². The normalized spacial score (nSPS) is 25.5. The van der Waals surface area contributed by atoms with E-state index >= 15 is 0 Å². The van der Waals surface area contributed by atoms with Gasteiger partial charge in [0, 0.05) is 5.92 Å². The predicted molar refractivity (Wildman–Crippen MR) is 76.4 cm³/mol. The van der Waals surface area contributed by atoms with Gasteiger partial charge in [0.2, 0.25) is 0 Å². The van der Waals surface area contributed by atoms with Gasteiger partial charge in [-0.1, -0.05) is 62.1 Å². The van der Waals surface area contributed by atoms with Crippen molar-refractivity contribution in [2.24, 2.45) is 11.1 Å². The van der Waals surface area contributed by atoms with Crippen LogP contribution in [0.4, 0.5) is 0 Å². The highest BCUT2D eigenvalue weighted by molar-refractivity contribution is 6.77. The minimum absolute atomic E-state index is 0.133. The summed E-state index contributed by atoms with van der Waals surface area (Å²) in [5.74, 6) is 0.133. The van der Waals surface area contributed by atoms with Crippen LogP contribution in [0.1, 0.15) is 12.5 Å². The van der Waals surface area contributed by atoms with Gasteiger partial charge >= 0.3 is 0 Å². The molecule has 4 heteroatoms. The number of hydrogen-bond acceptors (Lipinski definition) is 3. The molecule has 3 nitrogen and oxygen atoms in total.